The van der Waals surface area contributed by atoms with Crippen LogP contribution in [0.3, 0.4) is 0 Å². The zero-order valence-electron chi connectivity index (χ0n) is 5.43. The van der Waals surface area contributed by atoms with E-state index in [0.717, 1.165) is 13.1 Å². The summed E-state index contributed by atoms with van der Waals surface area (Å²) in [6.45, 7) is 8.42. The Kier molecular flexibility index (Phi) is 1.63. The SMILES string of the molecule is C=[N+]1CCN(C)[13CH2][13CH2]1. The predicted octanol–water partition coefficient (Wildman–Crippen LogP) is -0.355. The lowest BCUT2D eigenvalue weighted by Crippen LogP contribution is -2.38. The van der Waals surface area contributed by atoms with Crippen molar-refractivity contribution in [2.45, 2.75) is 0 Å². The molecule has 2 heteroatoms. The van der Waals surface area contributed by atoms with Gasteiger partial charge in [0, 0.05) is 0 Å². The molecule has 0 unspecified atom stereocenters. The Balaban J connectivity index is 2.29. The molecular formula is C6H13N2+. The van der Waals surface area contributed by atoms with Crippen molar-refractivity contribution in [3.05, 3.63) is 0 Å². The summed E-state index contributed by atoms with van der Waals surface area (Å²) >= 11 is 0. The van der Waals surface area contributed by atoms with Crippen LogP contribution in [-0.2, 0) is 0 Å². The Morgan fingerprint density at radius 3 is 2.25 bits per heavy atom. The standard InChI is InChI=1S/C6H13N2/c1-7-3-5-8(2)6-4-7/h1,3-6H2,2H3/q+1/i3+1,5+1. The molecule has 0 aliphatic carbocycles. The summed E-state index contributed by atoms with van der Waals surface area (Å²) in [6, 6.07) is 0. The van der Waals surface area contributed by atoms with Crippen molar-refractivity contribution in [2.75, 3.05) is 33.2 Å². The average Bonchev–Trinajstić information content (AvgIpc) is 1.77. The Labute approximate surface area is 50.4 Å². The summed E-state index contributed by atoms with van der Waals surface area (Å²) in [7, 11) is 2.15. The van der Waals surface area contributed by atoms with Crippen molar-refractivity contribution < 1.29 is 4.58 Å². The molecular weight excluding hydrogens is 102 g/mol. The molecule has 0 N–H and O–H groups in total. The first-order valence-electron chi connectivity index (χ1n) is 3.03. The van der Waals surface area contributed by atoms with Gasteiger partial charge < -0.3 is 0 Å². The van der Waals surface area contributed by atoms with Crippen molar-refractivity contribution in [3.8, 4) is 0 Å². The largest absolute Gasteiger partial charge is 0.294 e. The number of piperazine rings is 1. The van der Waals surface area contributed by atoms with Crippen LogP contribution in [0, 0.1) is 0 Å². The van der Waals surface area contributed by atoms with Crippen LogP contribution in [0.2, 0.25) is 0 Å². The highest BCUT2D eigenvalue weighted by Gasteiger charge is 2.11. The van der Waals surface area contributed by atoms with Gasteiger partial charge in [-0.05, 0) is 7.05 Å². The molecule has 1 fully saturated rings. The van der Waals surface area contributed by atoms with Gasteiger partial charge in [-0.2, -0.15) is 0 Å². The molecule has 1 rings (SSSR count). The fourth-order valence-corrected chi connectivity index (χ4v) is 0.848. The Hall–Kier alpha value is -0.370. The first kappa shape index (κ1) is 5.76. The summed E-state index contributed by atoms with van der Waals surface area (Å²) in [5.41, 5.74) is 0. The summed E-state index contributed by atoms with van der Waals surface area (Å²) in [5, 5.41) is 0. The van der Waals surface area contributed by atoms with Crippen molar-refractivity contribution >= 4 is 6.72 Å². The lowest BCUT2D eigenvalue weighted by molar-refractivity contribution is -0.530. The molecule has 0 amide bonds. The number of hydrogen-bond acceptors (Lipinski definition) is 1. The number of rotatable bonds is 0. The molecule has 0 saturated carbocycles. The molecule has 1 aliphatic rings. The number of hydrogen-bond donors (Lipinski definition) is 0. The molecule has 0 atom stereocenters. The van der Waals surface area contributed by atoms with Gasteiger partial charge in [-0.1, -0.05) is 0 Å². The maximum absolute atomic E-state index is 3.84. The van der Waals surface area contributed by atoms with E-state index in [1.807, 2.05) is 0 Å². The molecule has 0 radical (unpaired) electrons. The molecule has 0 spiro atoms. The highest BCUT2D eigenvalue weighted by Crippen LogP contribution is 1.89. The quantitative estimate of drug-likeness (QED) is 0.309. The van der Waals surface area contributed by atoms with E-state index in [4.69, 9.17) is 0 Å². The minimum Gasteiger partial charge on any atom is -0.294 e. The van der Waals surface area contributed by atoms with Gasteiger partial charge >= 0.3 is 0 Å². The lowest BCUT2D eigenvalue weighted by Gasteiger charge is -2.18. The summed E-state index contributed by atoms with van der Waals surface area (Å²) in [4.78, 5) is 2.32. The third-order valence-electron chi connectivity index (χ3n) is 1.60. The smallest absolute Gasteiger partial charge is 0.154 e. The van der Waals surface area contributed by atoms with Crippen molar-refractivity contribution in [1.82, 2.24) is 4.90 Å². The second-order valence-electron chi connectivity index (χ2n) is 2.42. The Morgan fingerprint density at radius 1 is 1.38 bits per heavy atom. The zero-order chi connectivity index (χ0) is 5.98. The minimum absolute atomic E-state index is 1.12. The fraction of sp³-hybridized carbons (Fsp3) is 0.833. The van der Waals surface area contributed by atoms with Gasteiger partial charge in [-0.15, -0.1) is 0 Å². The van der Waals surface area contributed by atoms with Crippen molar-refractivity contribution in [2.24, 2.45) is 0 Å². The molecule has 1 aliphatic heterocycles. The van der Waals surface area contributed by atoms with Crippen LogP contribution in [0.25, 0.3) is 0 Å². The molecule has 8 heavy (non-hydrogen) atoms. The van der Waals surface area contributed by atoms with Gasteiger partial charge in [0.15, 0.2) is 13.1 Å². The maximum atomic E-state index is 3.84. The molecule has 0 aromatic carbocycles. The molecule has 0 bridgehead atoms. The van der Waals surface area contributed by atoms with Crippen LogP contribution < -0.4 is 0 Å². The first-order chi connectivity index (χ1) is 3.79. The Morgan fingerprint density at radius 2 is 1.88 bits per heavy atom. The predicted molar refractivity (Wildman–Crippen MR) is 34.6 cm³/mol. The van der Waals surface area contributed by atoms with Crippen LogP contribution in [0.1, 0.15) is 0 Å². The summed E-state index contributed by atoms with van der Waals surface area (Å²) < 4.78 is 2.11. The lowest BCUT2D eigenvalue weighted by atomic mass is 10.6. The molecule has 0 aromatic heterocycles. The second kappa shape index (κ2) is 2.27. The van der Waals surface area contributed by atoms with Gasteiger partial charge in [-0.25, -0.2) is 4.58 Å². The normalized spacial score (nSPS) is 23.9. The van der Waals surface area contributed by atoms with E-state index in [1.54, 1.807) is 0 Å². The minimum atomic E-state index is 1.12. The van der Waals surface area contributed by atoms with Crippen molar-refractivity contribution in [3.63, 3.8) is 0 Å². The number of nitrogens with zero attached hydrogens (tertiary/aromatic N) is 2. The second-order valence-corrected chi connectivity index (χ2v) is 2.42. The van der Waals surface area contributed by atoms with Gasteiger partial charge in [0.1, 0.15) is 6.72 Å². The summed E-state index contributed by atoms with van der Waals surface area (Å²) in [5.74, 6) is 0. The molecule has 46 valence electrons. The van der Waals surface area contributed by atoms with E-state index in [9.17, 15) is 0 Å². The van der Waals surface area contributed by atoms with Crippen LogP contribution in [-0.4, -0.2) is 49.4 Å². The molecule has 1 heterocycles. The van der Waals surface area contributed by atoms with E-state index < -0.39 is 0 Å². The first-order valence-corrected chi connectivity index (χ1v) is 3.03. The summed E-state index contributed by atoms with van der Waals surface area (Å²) in [6.07, 6.45) is 0. The number of likely N-dealkylation sites (N-methyl/N-ethyl adjacent to an activating group) is 1. The average molecular weight is 115 g/mol. The molecule has 1 saturated heterocycles. The van der Waals surface area contributed by atoms with Crippen LogP contribution >= 0.6 is 0 Å². The van der Waals surface area contributed by atoms with Crippen LogP contribution in [0.4, 0.5) is 0 Å². The van der Waals surface area contributed by atoms with E-state index in [1.165, 1.54) is 13.1 Å². The van der Waals surface area contributed by atoms with Gasteiger partial charge in [0.25, 0.3) is 0 Å². The highest BCUT2D eigenvalue weighted by atomic mass is 15.4. The maximum Gasteiger partial charge on any atom is 0.154 e. The van der Waals surface area contributed by atoms with Crippen LogP contribution in [0.5, 0.6) is 0 Å². The third kappa shape index (κ3) is 1.30. The van der Waals surface area contributed by atoms with E-state index in [-0.39, 0.29) is 0 Å². The topological polar surface area (TPSA) is 6.25 Å². The van der Waals surface area contributed by atoms with E-state index in [2.05, 4.69) is 23.2 Å². The van der Waals surface area contributed by atoms with Gasteiger partial charge in [0.2, 0.25) is 0 Å². The van der Waals surface area contributed by atoms with E-state index >= 15 is 0 Å². The molecule has 2 nitrogen and oxygen atoms in total. The molecule has 0 aromatic rings. The Bertz CT molecular complexity index is 88.7. The van der Waals surface area contributed by atoms with Gasteiger partial charge in [-0.3, -0.25) is 4.90 Å². The highest BCUT2D eigenvalue weighted by molar-refractivity contribution is 5.14. The monoisotopic (exact) mass is 115 g/mol. The third-order valence-corrected chi connectivity index (χ3v) is 1.60. The fourth-order valence-electron chi connectivity index (χ4n) is 0.848. The van der Waals surface area contributed by atoms with Gasteiger partial charge in [0.05, 0.1) is 13.1 Å². The zero-order valence-corrected chi connectivity index (χ0v) is 5.43. The van der Waals surface area contributed by atoms with E-state index in [0.29, 0.717) is 0 Å². The van der Waals surface area contributed by atoms with Crippen LogP contribution in [0.15, 0.2) is 0 Å². The van der Waals surface area contributed by atoms with Crippen molar-refractivity contribution in [1.29, 1.82) is 0 Å².